The van der Waals surface area contributed by atoms with Gasteiger partial charge in [-0.05, 0) is 44.5 Å². The summed E-state index contributed by atoms with van der Waals surface area (Å²) in [6.45, 7) is 8.79. The molecule has 19 heavy (non-hydrogen) atoms. The van der Waals surface area contributed by atoms with Crippen LogP contribution in [0.3, 0.4) is 0 Å². The van der Waals surface area contributed by atoms with Crippen LogP contribution in [0.4, 0.5) is 8.78 Å². The first kappa shape index (κ1) is 16.1. The van der Waals surface area contributed by atoms with Crippen molar-refractivity contribution in [2.75, 3.05) is 19.6 Å². The summed E-state index contributed by atoms with van der Waals surface area (Å²) >= 11 is 0. The van der Waals surface area contributed by atoms with Gasteiger partial charge >= 0.3 is 0 Å². The lowest BCUT2D eigenvalue weighted by atomic mass is 10.1. The highest BCUT2D eigenvalue weighted by Gasteiger charge is 2.08. The van der Waals surface area contributed by atoms with E-state index in [-0.39, 0.29) is 11.6 Å². The SMILES string of the molecule is CC(C)CNCC(C)NCCc1c(F)cccc1F. The number of hydrogen-bond donors (Lipinski definition) is 2. The average molecular weight is 270 g/mol. The van der Waals surface area contributed by atoms with Gasteiger partial charge in [0.25, 0.3) is 0 Å². The molecule has 0 amide bonds. The van der Waals surface area contributed by atoms with Crippen LogP contribution in [0.1, 0.15) is 26.3 Å². The third-order valence-electron chi connectivity index (χ3n) is 2.93. The van der Waals surface area contributed by atoms with Crippen LogP contribution in [-0.2, 0) is 6.42 Å². The lowest BCUT2D eigenvalue weighted by molar-refractivity contribution is 0.469. The van der Waals surface area contributed by atoms with Gasteiger partial charge in [-0.15, -0.1) is 0 Å². The van der Waals surface area contributed by atoms with Crippen molar-refractivity contribution in [3.8, 4) is 0 Å². The van der Waals surface area contributed by atoms with Gasteiger partial charge in [0.05, 0.1) is 0 Å². The van der Waals surface area contributed by atoms with Crippen molar-refractivity contribution >= 4 is 0 Å². The van der Waals surface area contributed by atoms with E-state index in [1.807, 2.05) is 0 Å². The molecule has 0 heterocycles. The highest BCUT2D eigenvalue weighted by Crippen LogP contribution is 2.12. The van der Waals surface area contributed by atoms with Gasteiger partial charge in [-0.25, -0.2) is 8.78 Å². The smallest absolute Gasteiger partial charge is 0.129 e. The molecule has 4 heteroatoms. The molecule has 0 bridgehead atoms. The molecule has 1 rings (SSSR count). The van der Waals surface area contributed by atoms with E-state index in [1.54, 1.807) is 0 Å². The summed E-state index contributed by atoms with van der Waals surface area (Å²) in [5.41, 5.74) is 0.164. The van der Waals surface area contributed by atoms with Crippen molar-refractivity contribution in [3.63, 3.8) is 0 Å². The van der Waals surface area contributed by atoms with Gasteiger partial charge in [0.1, 0.15) is 11.6 Å². The normalized spacial score (nSPS) is 12.9. The Morgan fingerprint density at radius 2 is 1.68 bits per heavy atom. The highest BCUT2D eigenvalue weighted by atomic mass is 19.1. The van der Waals surface area contributed by atoms with Crippen LogP contribution in [0.15, 0.2) is 18.2 Å². The quantitative estimate of drug-likeness (QED) is 0.759. The van der Waals surface area contributed by atoms with E-state index in [0.717, 1.165) is 13.1 Å². The van der Waals surface area contributed by atoms with Crippen LogP contribution in [0.5, 0.6) is 0 Å². The maximum atomic E-state index is 13.4. The molecule has 0 radical (unpaired) electrons. The summed E-state index contributed by atoms with van der Waals surface area (Å²) < 4.78 is 26.8. The van der Waals surface area contributed by atoms with Crippen molar-refractivity contribution in [2.45, 2.75) is 33.2 Å². The number of halogens is 2. The first-order valence-corrected chi connectivity index (χ1v) is 6.87. The molecule has 0 saturated heterocycles. The highest BCUT2D eigenvalue weighted by molar-refractivity contribution is 5.19. The van der Waals surface area contributed by atoms with Gasteiger partial charge in [0.2, 0.25) is 0 Å². The second kappa shape index (κ2) is 8.23. The molecule has 1 aromatic rings. The van der Waals surface area contributed by atoms with E-state index in [2.05, 4.69) is 31.4 Å². The van der Waals surface area contributed by atoms with E-state index < -0.39 is 11.6 Å². The van der Waals surface area contributed by atoms with Crippen LogP contribution in [0, 0.1) is 17.6 Å². The lowest BCUT2D eigenvalue weighted by Crippen LogP contribution is -2.38. The van der Waals surface area contributed by atoms with E-state index in [1.165, 1.54) is 18.2 Å². The Hall–Kier alpha value is -1.00. The number of hydrogen-bond acceptors (Lipinski definition) is 2. The monoisotopic (exact) mass is 270 g/mol. The van der Waals surface area contributed by atoms with E-state index in [9.17, 15) is 8.78 Å². The minimum absolute atomic E-state index is 0.164. The minimum Gasteiger partial charge on any atom is -0.315 e. The van der Waals surface area contributed by atoms with Crippen LogP contribution in [0.25, 0.3) is 0 Å². The third kappa shape index (κ3) is 6.12. The molecule has 1 aromatic carbocycles. The summed E-state index contributed by atoms with van der Waals surface area (Å²) in [4.78, 5) is 0. The van der Waals surface area contributed by atoms with Crippen LogP contribution in [-0.4, -0.2) is 25.7 Å². The number of benzene rings is 1. The number of nitrogens with one attached hydrogen (secondary N) is 2. The standard InChI is InChI=1S/C15H24F2N2/c1-11(2)9-18-10-12(3)19-8-7-13-14(16)5-4-6-15(13)17/h4-6,11-12,18-19H,7-10H2,1-3H3. The van der Waals surface area contributed by atoms with Crippen molar-refractivity contribution in [1.29, 1.82) is 0 Å². The third-order valence-corrected chi connectivity index (χ3v) is 2.93. The molecular weight excluding hydrogens is 246 g/mol. The largest absolute Gasteiger partial charge is 0.315 e. The zero-order valence-corrected chi connectivity index (χ0v) is 12.0. The first-order chi connectivity index (χ1) is 9.00. The number of rotatable bonds is 8. The molecule has 0 aromatic heterocycles. The first-order valence-electron chi connectivity index (χ1n) is 6.87. The molecule has 0 aliphatic carbocycles. The van der Waals surface area contributed by atoms with Crippen molar-refractivity contribution in [3.05, 3.63) is 35.4 Å². The van der Waals surface area contributed by atoms with E-state index in [0.29, 0.717) is 18.9 Å². The Balaban J connectivity index is 2.26. The molecule has 1 atom stereocenters. The fraction of sp³-hybridized carbons (Fsp3) is 0.600. The fourth-order valence-electron chi connectivity index (χ4n) is 1.88. The van der Waals surface area contributed by atoms with Gasteiger partial charge in [-0.3, -0.25) is 0 Å². The Kier molecular flexibility index (Phi) is 6.95. The summed E-state index contributed by atoms with van der Waals surface area (Å²) in [6.07, 6.45) is 0.368. The van der Waals surface area contributed by atoms with Crippen LogP contribution < -0.4 is 10.6 Å². The molecule has 108 valence electrons. The average Bonchev–Trinajstić information content (AvgIpc) is 2.32. The molecule has 1 unspecified atom stereocenters. The maximum absolute atomic E-state index is 13.4. The predicted molar refractivity (Wildman–Crippen MR) is 75.2 cm³/mol. The van der Waals surface area contributed by atoms with Gasteiger partial charge in [-0.2, -0.15) is 0 Å². The molecule has 0 aliphatic heterocycles. The summed E-state index contributed by atoms with van der Waals surface area (Å²) in [7, 11) is 0. The second-order valence-electron chi connectivity index (χ2n) is 5.36. The predicted octanol–water partition coefficient (Wildman–Crippen LogP) is 2.73. The minimum atomic E-state index is -0.465. The van der Waals surface area contributed by atoms with Gasteiger partial charge in [0, 0.05) is 18.2 Å². The Morgan fingerprint density at radius 3 is 2.26 bits per heavy atom. The zero-order valence-electron chi connectivity index (χ0n) is 12.0. The van der Waals surface area contributed by atoms with Gasteiger partial charge in [-0.1, -0.05) is 19.9 Å². The molecule has 0 aliphatic rings. The molecule has 0 spiro atoms. The van der Waals surface area contributed by atoms with E-state index >= 15 is 0 Å². The molecule has 0 saturated carbocycles. The molecule has 2 nitrogen and oxygen atoms in total. The van der Waals surface area contributed by atoms with Gasteiger partial charge < -0.3 is 10.6 Å². The molecular formula is C15H24F2N2. The van der Waals surface area contributed by atoms with Crippen molar-refractivity contribution in [1.82, 2.24) is 10.6 Å². The second-order valence-corrected chi connectivity index (χ2v) is 5.36. The Bertz CT molecular complexity index is 360. The Labute approximate surface area is 114 Å². The molecule has 2 N–H and O–H groups in total. The Morgan fingerprint density at radius 1 is 1.05 bits per heavy atom. The summed E-state index contributed by atoms with van der Waals surface area (Å²) in [6, 6.07) is 4.27. The van der Waals surface area contributed by atoms with E-state index in [4.69, 9.17) is 0 Å². The topological polar surface area (TPSA) is 24.1 Å². The fourth-order valence-corrected chi connectivity index (χ4v) is 1.88. The van der Waals surface area contributed by atoms with Crippen molar-refractivity contribution < 1.29 is 8.78 Å². The van der Waals surface area contributed by atoms with Crippen LogP contribution >= 0.6 is 0 Å². The van der Waals surface area contributed by atoms with Gasteiger partial charge in [0.15, 0.2) is 0 Å². The lowest BCUT2D eigenvalue weighted by Gasteiger charge is -2.16. The van der Waals surface area contributed by atoms with Crippen molar-refractivity contribution in [2.24, 2.45) is 5.92 Å². The summed E-state index contributed by atoms with van der Waals surface area (Å²) in [5, 5.41) is 6.61. The summed E-state index contributed by atoms with van der Waals surface area (Å²) in [5.74, 6) is -0.306. The molecule has 0 fully saturated rings. The zero-order chi connectivity index (χ0) is 14.3. The van der Waals surface area contributed by atoms with Crippen LogP contribution in [0.2, 0.25) is 0 Å². The maximum Gasteiger partial charge on any atom is 0.129 e.